The highest BCUT2D eigenvalue weighted by molar-refractivity contribution is 5.89. The van der Waals surface area contributed by atoms with Crippen LogP contribution in [0, 0.1) is 0 Å². The zero-order valence-electron chi connectivity index (χ0n) is 16.0. The van der Waals surface area contributed by atoms with E-state index in [0.29, 0.717) is 6.54 Å². The molecule has 0 spiro atoms. The van der Waals surface area contributed by atoms with Crippen LogP contribution in [0.2, 0.25) is 0 Å². The van der Waals surface area contributed by atoms with Gasteiger partial charge in [0.2, 0.25) is 5.91 Å². The molecule has 1 saturated heterocycles. The topological polar surface area (TPSA) is 44.4 Å². The van der Waals surface area contributed by atoms with Crippen molar-refractivity contribution in [3.05, 3.63) is 71.3 Å². The molecule has 0 bridgehead atoms. The molecule has 1 aliphatic carbocycles. The molecule has 0 radical (unpaired) electrons. The minimum atomic E-state index is -0.505. The number of aryl methyl sites for hydroxylation is 1. The standard InChI is InChI=1S/C22H27N3O.2ClH/c26-21(24-13-11-18-6-2-1-3-7-18)22(25-16-14-23-15-17-25)12-10-19-8-4-5-9-20(19)22;;/h1-9,23H,10-17H2,(H,24,26);2*1H/t22-;;/m0../s1. The Morgan fingerprint density at radius 3 is 2.43 bits per heavy atom. The number of carbonyl (C=O) groups is 1. The average molecular weight is 422 g/mol. The Kier molecular flexibility index (Phi) is 8.32. The summed E-state index contributed by atoms with van der Waals surface area (Å²) in [6.07, 6.45) is 2.72. The van der Waals surface area contributed by atoms with E-state index in [1.807, 2.05) is 18.2 Å². The highest BCUT2D eigenvalue weighted by atomic mass is 35.5. The van der Waals surface area contributed by atoms with Gasteiger partial charge in [-0.1, -0.05) is 54.6 Å². The number of amides is 1. The van der Waals surface area contributed by atoms with Crippen molar-refractivity contribution < 1.29 is 4.79 Å². The molecule has 1 aliphatic heterocycles. The van der Waals surface area contributed by atoms with Crippen LogP contribution in [0.4, 0.5) is 0 Å². The lowest BCUT2D eigenvalue weighted by Crippen LogP contribution is -2.60. The van der Waals surface area contributed by atoms with Crippen LogP contribution in [0.15, 0.2) is 54.6 Å². The van der Waals surface area contributed by atoms with Crippen LogP contribution in [0.1, 0.15) is 23.1 Å². The first kappa shape index (κ1) is 22.7. The van der Waals surface area contributed by atoms with Gasteiger partial charge in [0.15, 0.2) is 0 Å². The molecule has 1 amide bonds. The van der Waals surface area contributed by atoms with E-state index in [2.05, 4.69) is 51.9 Å². The highest BCUT2D eigenvalue weighted by Crippen LogP contribution is 2.42. The molecule has 4 nitrogen and oxygen atoms in total. The summed E-state index contributed by atoms with van der Waals surface area (Å²) in [4.78, 5) is 15.8. The van der Waals surface area contributed by atoms with Gasteiger partial charge in [-0.2, -0.15) is 0 Å². The predicted molar refractivity (Wildman–Crippen MR) is 119 cm³/mol. The Balaban J connectivity index is 0.00000140. The van der Waals surface area contributed by atoms with Crippen LogP contribution in [0.25, 0.3) is 0 Å². The second-order valence-corrected chi connectivity index (χ2v) is 7.25. The zero-order valence-corrected chi connectivity index (χ0v) is 17.7. The molecule has 0 saturated carbocycles. The van der Waals surface area contributed by atoms with Crippen LogP contribution in [0.5, 0.6) is 0 Å². The Morgan fingerprint density at radius 2 is 1.68 bits per heavy atom. The number of rotatable bonds is 5. The molecule has 152 valence electrons. The van der Waals surface area contributed by atoms with E-state index < -0.39 is 5.54 Å². The van der Waals surface area contributed by atoms with Gasteiger partial charge in [0.05, 0.1) is 0 Å². The summed E-state index contributed by atoms with van der Waals surface area (Å²) >= 11 is 0. The van der Waals surface area contributed by atoms with Crippen molar-refractivity contribution in [2.75, 3.05) is 32.7 Å². The predicted octanol–water partition coefficient (Wildman–Crippen LogP) is 2.94. The number of nitrogens with one attached hydrogen (secondary N) is 2. The van der Waals surface area contributed by atoms with Gasteiger partial charge < -0.3 is 10.6 Å². The van der Waals surface area contributed by atoms with Gasteiger partial charge in [-0.25, -0.2) is 0 Å². The maximum absolute atomic E-state index is 13.4. The van der Waals surface area contributed by atoms with Crippen LogP contribution >= 0.6 is 24.8 Å². The molecule has 2 aromatic rings. The molecular formula is C22H29Cl2N3O. The fraction of sp³-hybridized carbons (Fsp3) is 0.409. The number of fused-ring (bicyclic) bond motifs is 1. The molecular weight excluding hydrogens is 393 g/mol. The summed E-state index contributed by atoms with van der Waals surface area (Å²) in [6.45, 7) is 4.40. The van der Waals surface area contributed by atoms with E-state index in [0.717, 1.165) is 45.4 Å². The Morgan fingerprint density at radius 1 is 1.00 bits per heavy atom. The maximum atomic E-state index is 13.4. The van der Waals surface area contributed by atoms with E-state index in [1.54, 1.807) is 0 Å². The molecule has 1 heterocycles. The summed E-state index contributed by atoms with van der Waals surface area (Å²) in [5.74, 6) is 0.167. The number of piperazine rings is 1. The molecule has 6 heteroatoms. The third-order valence-corrected chi connectivity index (χ3v) is 5.79. The number of benzene rings is 2. The second kappa shape index (κ2) is 10.3. The lowest BCUT2D eigenvalue weighted by atomic mass is 9.87. The smallest absolute Gasteiger partial charge is 0.245 e. The van der Waals surface area contributed by atoms with Gasteiger partial charge >= 0.3 is 0 Å². The van der Waals surface area contributed by atoms with Gasteiger partial charge in [-0.05, 0) is 36.0 Å². The van der Waals surface area contributed by atoms with Crippen molar-refractivity contribution in [1.29, 1.82) is 0 Å². The minimum Gasteiger partial charge on any atom is -0.354 e. The van der Waals surface area contributed by atoms with E-state index in [1.165, 1.54) is 16.7 Å². The number of carbonyl (C=O) groups excluding carboxylic acids is 1. The lowest BCUT2D eigenvalue weighted by Gasteiger charge is -2.43. The monoisotopic (exact) mass is 421 g/mol. The molecule has 2 N–H and O–H groups in total. The van der Waals surface area contributed by atoms with Gasteiger partial charge in [0.25, 0.3) is 0 Å². The molecule has 1 atom stereocenters. The zero-order chi connectivity index (χ0) is 17.8. The van der Waals surface area contributed by atoms with Gasteiger partial charge in [-0.3, -0.25) is 9.69 Å². The maximum Gasteiger partial charge on any atom is 0.245 e. The van der Waals surface area contributed by atoms with E-state index >= 15 is 0 Å². The van der Waals surface area contributed by atoms with Gasteiger partial charge in [0.1, 0.15) is 5.54 Å². The van der Waals surface area contributed by atoms with Crippen LogP contribution in [0.3, 0.4) is 0 Å². The third-order valence-electron chi connectivity index (χ3n) is 5.79. The number of nitrogens with zero attached hydrogens (tertiary/aromatic N) is 1. The Labute approximate surface area is 179 Å². The Bertz CT molecular complexity index is 765. The fourth-order valence-corrected chi connectivity index (χ4v) is 4.46. The number of hydrogen-bond acceptors (Lipinski definition) is 3. The summed E-state index contributed by atoms with van der Waals surface area (Å²) in [7, 11) is 0. The van der Waals surface area contributed by atoms with Crippen LogP contribution in [-0.4, -0.2) is 43.5 Å². The third kappa shape index (κ3) is 4.36. The van der Waals surface area contributed by atoms with E-state index in [-0.39, 0.29) is 30.7 Å². The normalized spacial score (nSPS) is 21.1. The minimum absolute atomic E-state index is 0. The van der Waals surface area contributed by atoms with Crippen molar-refractivity contribution in [3.63, 3.8) is 0 Å². The summed E-state index contributed by atoms with van der Waals surface area (Å²) < 4.78 is 0. The van der Waals surface area contributed by atoms with Gasteiger partial charge in [-0.15, -0.1) is 24.8 Å². The largest absolute Gasteiger partial charge is 0.354 e. The van der Waals surface area contributed by atoms with Gasteiger partial charge in [0, 0.05) is 32.7 Å². The summed E-state index contributed by atoms with van der Waals surface area (Å²) in [5.41, 5.74) is 3.29. The van der Waals surface area contributed by atoms with Crippen molar-refractivity contribution in [2.45, 2.75) is 24.8 Å². The molecule has 0 aromatic heterocycles. The van der Waals surface area contributed by atoms with Crippen LogP contribution < -0.4 is 10.6 Å². The number of halogens is 2. The SMILES string of the molecule is Cl.Cl.O=C(NCCc1ccccc1)[C@]1(N2CCNCC2)CCc2ccccc21. The summed E-state index contributed by atoms with van der Waals surface area (Å²) in [6, 6.07) is 18.8. The van der Waals surface area contributed by atoms with E-state index in [9.17, 15) is 4.79 Å². The molecule has 28 heavy (non-hydrogen) atoms. The molecule has 2 aliphatic rings. The second-order valence-electron chi connectivity index (χ2n) is 7.25. The first-order chi connectivity index (χ1) is 12.8. The van der Waals surface area contributed by atoms with Crippen molar-refractivity contribution >= 4 is 30.7 Å². The molecule has 0 unspecified atom stereocenters. The highest BCUT2D eigenvalue weighted by Gasteiger charge is 2.49. The van der Waals surface area contributed by atoms with Crippen molar-refractivity contribution in [3.8, 4) is 0 Å². The molecule has 2 aromatic carbocycles. The average Bonchev–Trinajstić information content (AvgIpc) is 3.10. The first-order valence-electron chi connectivity index (χ1n) is 9.67. The lowest BCUT2D eigenvalue weighted by molar-refractivity contribution is -0.135. The number of hydrogen-bond donors (Lipinski definition) is 2. The molecule has 1 fully saturated rings. The van der Waals surface area contributed by atoms with Crippen molar-refractivity contribution in [1.82, 2.24) is 15.5 Å². The molecule has 4 rings (SSSR count). The first-order valence-corrected chi connectivity index (χ1v) is 9.67. The quantitative estimate of drug-likeness (QED) is 0.779. The Hall–Kier alpha value is -1.59. The van der Waals surface area contributed by atoms with Crippen molar-refractivity contribution in [2.24, 2.45) is 0 Å². The van der Waals surface area contributed by atoms with Crippen LogP contribution in [-0.2, 0) is 23.2 Å². The fourth-order valence-electron chi connectivity index (χ4n) is 4.46. The van der Waals surface area contributed by atoms with E-state index in [4.69, 9.17) is 0 Å². The summed E-state index contributed by atoms with van der Waals surface area (Å²) in [5, 5.41) is 6.66.